The van der Waals surface area contributed by atoms with E-state index in [1.54, 1.807) is 0 Å². The highest BCUT2D eigenvalue weighted by Crippen LogP contribution is 2.30. The van der Waals surface area contributed by atoms with Gasteiger partial charge in [-0.25, -0.2) is 13.2 Å². The first kappa shape index (κ1) is 22.1. The Morgan fingerprint density at radius 1 is 1.00 bits per heavy atom. The van der Waals surface area contributed by atoms with E-state index in [1.807, 2.05) is 4.57 Å². The molecule has 2 aromatic carbocycles. The van der Waals surface area contributed by atoms with Crippen molar-refractivity contribution < 1.29 is 22.8 Å². The Labute approximate surface area is 193 Å². The fraction of sp³-hybridized carbons (Fsp3) is 0.333. The molecule has 5 rings (SSSR count). The second kappa shape index (κ2) is 8.92. The van der Waals surface area contributed by atoms with Crippen LogP contribution < -0.4 is 10.2 Å². The lowest BCUT2D eigenvalue weighted by molar-refractivity contribution is -0.122. The average Bonchev–Trinajstić information content (AvgIpc) is 3.30. The van der Waals surface area contributed by atoms with Gasteiger partial charge in [0.2, 0.25) is 11.8 Å². The van der Waals surface area contributed by atoms with Crippen LogP contribution in [-0.4, -0.2) is 33.1 Å². The molecule has 7 nitrogen and oxygen atoms in total. The molecular formula is C24H22F3N5O2. The molecule has 3 aromatic rings. The zero-order valence-corrected chi connectivity index (χ0v) is 18.2. The van der Waals surface area contributed by atoms with Gasteiger partial charge >= 0.3 is 0 Å². The molecule has 2 amide bonds. The van der Waals surface area contributed by atoms with Gasteiger partial charge in [0.25, 0.3) is 0 Å². The third-order valence-corrected chi connectivity index (χ3v) is 6.28. The smallest absolute Gasteiger partial charge is 0.229 e. The fourth-order valence-corrected chi connectivity index (χ4v) is 4.52. The summed E-state index contributed by atoms with van der Waals surface area (Å²) in [6.45, 7) is 0.659. The van der Waals surface area contributed by atoms with Crippen molar-refractivity contribution in [2.24, 2.45) is 5.92 Å². The van der Waals surface area contributed by atoms with E-state index in [0.29, 0.717) is 24.1 Å². The highest BCUT2D eigenvalue weighted by Gasteiger charge is 2.36. The van der Waals surface area contributed by atoms with Gasteiger partial charge in [0.05, 0.1) is 17.2 Å². The van der Waals surface area contributed by atoms with Crippen molar-refractivity contribution in [3.05, 3.63) is 59.7 Å². The van der Waals surface area contributed by atoms with Crippen LogP contribution in [0.4, 0.5) is 24.5 Å². The number of halogens is 3. The van der Waals surface area contributed by atoms with E-state index in [1.165, 1.54) is 24.3 Å². The summed E-state index contributed by atoms with van der Waals surface area (Å²) in [5.74, 6) is -2.49. The Balaban J connectivity index is 1.34. The van der Waals surface area contributed by atoms with E-state index in [4.69, 9.17) is 0 Å². The zero-order valence-electron chi connectivity index (χ0n) is 18.2. The van der Waals surface area contributed by atoms with Crippen LogP contribution in [0.25, 0.3) is 11.4 Å². The van der Waals surface area contributed by atoms with Gasteiger partial charge in [-0.1, -0.05) is 6.42 Å². The number of aryl methyl sites for hydroxylation is 1. The lowest BCUT2D eigenvalue weighted by Gasteiger charge is -2.17. The molecule has 1 saturated heterocycles. The largest absolute Gasteiger partial charge is 0.326 e. The number of amides is 2. The molecule has 2 aliphatic rings. The summed E-state index contributed by atoms with van der Waals surface area (Å²) >= 11 is 0. The van der Waals surface area contributed by atoms with Crippen LogP contribution >= 0.6 is 0 Å². The van der Waals surface area contributed by atoms with Crippen molar-refractivity contribution in [3.63, 3.8) is 0 Å². The van der Waals surface area contributed by atoms with Crippen molar-refractivity contribution >= 4 is 23.2 Å². The van der Waals surface area contributed by atoms with Crippen molar-refractivity contribution in [3.8, 4) is 11.4 Å². The van der Waals surface area contributed by atoms with E-state index in [-0.39, 0.29) is 24.2 Å². The first-order chi connectivity index (χ1) is 16.4. The molecule has 34 heavy (non-hydrogen) atoms. The van der Waals surface area contributed by atoms with E-state index in [0.717, 1.165) is 42.5 Å². The lowest BCUT2D eigenvalue weighted by Crippen LogP contribution is -2.28. The molecule has 1 N–H and O–H groups in total. The molecule has 0 saturated carbocycles. The maximum atomic E-state index is 14.7. The molecule has 0 bridgehead atoms. The molecule has 0 aliphatic carbocycles. The molecule has 0 radical (unpaired) electrons. The number of nitrogens with one attached hydrogen (secondary N) is 1. The van der Waals surface area contributed by atoms with Crippen molar-refractivity contribution in [2.75, 3.05) is 16.8 Å². The number of hydrogen-bond acceptors (Lipinski definition) is 4. The van der Waals surface area contributed by atoms with Crippen LogP contribution in [0, 0.1) is 23.4 Å². The lowest BCUT2D eigenvalue weighted by atomic mass is 10.1. The second-order valence-corrected chi connectivity index (χ2v) is 8.59. The average molecular weight is 469 g/mol. The molecule has 3 heterocycles. The summed E-state index contributed by atoms with van der Waals surface area (Å²) in [6, 6.07) is 7.12. The minimum Gasteiger partial charge on any atom is -0.326 e. The third kappa shape index (κ3) is 4.15. The Bertz CT molecular complexity index is 1280. The summed E-state index contributed by atoms with van der Waals surface area (Å²) in [5, 5.41) is 11.1. The maximum absolute atomic E-state index is 14.7. The van der Waals surface area contributed by atoms with Gasteiger partial charge in [0, 0.05) is 37.7 Å². The summed E-state index contributed by atoms with van der Waals surface area (Å²) < 4.78 is 44.0. The quantitative estimate of drug-likeness (QED) is 0.625. The topological polar surface area (TPSA) is 80.1 Å². The number of benzene rings is 2. The Morgan fingerprint density at radius 3 is 2.68 bits per heavy atom. The Hall–Kier alpha value is -3.69. The number of carbonyl (C=O) groups is 2. The highest BCUT2D eigenvalue weighted by atomic mass is 19.1. The minimum absolute atomic E-state index is 0.0427. The van der Waals surface area contributed by atoms with Crippen molar-refractivity contribution in [1.29, 1.82) is 0 Å². The molecule has 176 valence electrons. The molecule has 0 spiro atoms. The number of aromatic nitrogens is 3. The number of rotatable bonds is 4. The summed E-state index contributed by atoms with van der Waals surface area (Å²) in [7, 11) is 0. The minimum atomic E-state index is -0.870. The van der Waals surface area contributed by atoms with Crippen LogP contribution in [0.1, 0.15) is 31.5 Å². The van der Waals surface area contributed by atoms with Gasteiger partial charge in [-0.3, -0.25) is 9.59 Å². The van der Waals surface area contributed by atoms with Crippen LogP contribution in [0.15, 0.2) is 36.4 Å². The van der Waals surface area contributed by atoms with Crippen molar-refractivity contribution in [2.45, 2.75) is 38.6 Å². The fourth-order valence-electron chi connectivity index (χ4n) is 4.52. The van der Waals surface area contributed by atoms with Gasteiger partial charge in [-0.15, -0.1) is 10.2 Å². The van der Waals surface area contributed by atoms with Crippen molar-refractivity contribution in [1.82, 2.24) is 14.8 Å². The first-order valence-electron chi connectivity index (χ1n) is 11.2. The summed E-state index contributed by atoms with van der Waals surface area (Å²) in [4.78, 5) is 26.4. The van der Waals surface area contributed by atoms with Crippen LogP contribution in [0.3, 0.4) is 0 Å². The van der Waals surface area contributed by atoms with Gasteiger partial charge in [0.15, 0.2) is 5.82 Å². The maximum Gasteiger partial charge on any atom is 0.229 e. The Morgan fingerprint density at radius 2 is 1.85 bits per heavy atom. The van der Waals surface area contributed by atoms with Crippen LogP contribution in [-0.2, 0) is 22.6 Å². The molecule has 2 aliphatic heterocycles. The highest BCUT2D eigenvalue weighted by molar-refractivity contribution is 6.03. The number of carbonyl (C=O) groups excluding carboxylic acids is 2. The van der Waals surface area contributed by atoms with Gasteiger partial charge < -0.3 is 14.8 Å². The standard InChI is InChI=1S/C24H22F3N5O2/c25-15-5-8-20(19(27)11-15)32-13-14(10-22(32)33)24(34)28-16-6-7-18(26)17(12-16)23-30-29-21-4-2-1-3-9-31(21)23/h5-8,11-12,14H,1-4,9-10,13H2,(H,28,34). The number of anilines is 2. The van der Waals surface area contributed by atoms with Crippen LogP contribution in [0.5, 0.6) is 0 Å². The van der Waals surface area contributed by atoms with E-state index >= 15 is 0 Å². The predicted molar refractivity (Wildman–Crippen MR) is 118 cm³/mol. The van der Waals surface area contributed by atoms with Gasteiger partial charge in [-0.05, 0) is 43.2 Å². The van der Waals surface area contributed by atoms with Gasteiger partial charge in [0.1, 0.15) is 23.3 Å². The van der Waals surface area contributed by atoms with Crippen LogP contribution in [0.2, 0.25) is 0 Å². The Kier molecular flexibility index (Phi) is 5.80. The van der Waals surface area contributed by atoms with E-state index in [9.17, 15) is 22.8 Å². The molecule has 1 fully saturated rings. The predicted octanol–water partition coefficient (Wildman–Crippen LogP) is 4.08. The van der Waals surface area contributed by atoms with Gasteiger partial charge in [-0.2, -0.15) is 0 Å². The summed E-state index contributed by atoms with van der Waals surface area (Å²) in [5.41, 5.74) is 0.514. The molecule has 1 unspecified atom stereocenters. The normalized spacial score (nSPS) is 18.0. The number of hydrogen-bond donors (Lipinski definition) is 1. The SMILES string of the molecule is O=C(Nc1ccc(F)c(-c2nnc3n2CCCCC3)c1)C1CC(=O)N(c2ccc(F)cc2F)C1. The monoisotopic (exact) mass is 469 g/mol. The first-order valence-corrected chi connectivity index (χ1v) is 11.2. The third-order valence-electron chi connectivity index (χ3n) is 6.28. The second-order valence-electron chi connectivity index (χ2n) is 8.59. The van der Waals surface area contributed by atoms with E-state index in [2.05, 4.69) is 15.5 Å². The molecule has 1 atom stereocenters. The van der Waals surface area contributed by atoms with E-state index < -0.39 is 35.2 Å². The molecular weight excluding hydrogens is 447 g/mol. The number of fused-ring (bicyclic) bond motifs is 1. The molecule has 1 aromatic heterocycles. The summed E-state index contributed by atoms with van der Waals surface area (Å²) in [6.07, 6.45) is 3.70. The zero-order chi connectivity index (χ0) is 23.8. The number of nitrogens with zero attached hydrogens (tertiary/aromatic N) is 4. The molecule has 10 heteroatoms.